The molecule has 0 aliphatic rings. The fourth-order valence-corrected chi connectivity index (χ4v) is 2.26. The summed E-state index contributed by atoms with van der Waals surface area (Å²) in [6, 6.07) is 6.98. The Morgan fingerprint density at radius 3 is 2.50 bits per heavy atom. The Morgan fingerprint density at radius 2 is 2.06 bits per heavy atom. The minimum absolute atomic E-state index is 0.495. The van der Waals surface area contributed by atoms with Crippen molar-refractivity contribution in [2.45, 2.75) is 15.2 Å². The van der Waals surface area contributed by atoms with E-state index in [4.69, 9.17) is 11.6 Å². The zero-order valence-corrected chi connectivity index (χ0v) is 12.5. The molecule has 16 heavy (non-hydrogen) atoms. The zero-order valence-electron chi connectivity index (χ0n) is 8.81. The third kappa shape index (κ3) is 2.88. The van der Waals surface area contributed by atoms with Gasteiger partial charge in [0.1, 0.15) is 6.10 Å². The van der Waals surface area contributed by atoms with E-state index in [9.17, 15) is 13.5 Å². The third-order valence-corrected chi connectivity index (χ3v) is 7.42. The number of rotatable bonds is 3. The Balaban J connectivity index is 3.17. The van der Waals surface area contributed by atoms with Crippen molar-refractivity contribution in [1.82, 2.24) is 0 Å². The molecule has 0 saturated heterocycles. The minimum Gasteiger partial charge on any atom is -0.385 e. The van der Waals surface area contributed by atoms with E-state index >= 15 is 0 Å². The molecule has 0 fully saturated rings. The summed E-state index contributed by atoms with van der Waals surface area (Å²) in [5.41, 5.74) is 1.43. The first-order valence-corrected chi connectivity index (χ1v) is 7.83. The molecule has 2 atom stereocenters. The van der Waals surface area contributed by atoms with Crippen LogP contribution in [0.4, 0.5) is 0 Å². The van der Waals surface area contributed by atoms with Crippen molar-refractivity contribution in [1.29, 1.82) is 0 Å². The monoisotopic (exact) mass is 374 g/mol. The van der Waals surface area contributed by atoms with E-state index in [0.717, 1.165) is 11.8 Å². The summed E-state index contributed by atoms with van der Waals surface area (Å²) < 4.78 is 21.2. The molecule has 0 radical (unpaired) electrons. The van der Waals surface area contributed by atoms with Crippen LogP contribution in [0.15, 0.2) is 24.3 Å². The number of hydrogen-bond acceptors (Lipinski definition) is 3. The molecule has 0 aliphatic heterocycles. The molecule has 1 aromatic rings. The Morgan fingerprint density at radius 1 is 1.50 bits per heavy atom. The first-order valence-electron chi connectivity index (χ1n) is 4.48. The van der Waals surface area contributed by atoms with Gasteiger partial charge in [0.15, 0.2) is 9.84 Å². The number of alkyl halides is 2. The van der Waals surface area contributed by atoms with Gasteiger partial charge in [-0.1, -0.05) is 41.4 Å². The number of hydrogen-bond donors (Lipinski definition) is 1. The van der Waals surface area contributed by atoms with E-state index in [1.165, 1.54) is 0 Å². The van der Waals surface area contributed by atoms with E-state index in [-0.39, 0.29) is 0 Å². The fraction of sp³-hybridized carbons (Fsp3) is 0.400. The summed E-state index contributed by atoms with van der Waals surface area (Å²) in [5, 5.41) is 9.99. The lowest BCUT2D eigenvalue weighted by Gasteiger charge is -2.24. The van der Waals surface area contributed by atoms with Crippen LogP contribution in [0, 0.1) is 6.92 Å². The first kappa shape index (κ1) is 14.2. The van der Waals surface area contributed by atoms with E-state index in [2.05, 4.69) is 0 Å². The molecule has 90 valence electrons. The van der Waals surface area contributed by atoms with Crippen LogP contribution in [0.1, 0.15) is 17.2 Å². The largest absolute Gasteiger partial charge is 0.385 e. The zero-order chi connectivity index (χ0) is 12.6. The maximum Gasteiger partial charge on any atom is 0.224 e. The number of halogens is 2. The molecule has 3 nitrogen and oxygen atoms in total. The van der Waals surface area contributed by atoms with Crippen molar-refractivity contribution in [2.24, 2.45) is 0 Å². The van der Waals surface area contributed by atoms with Crippen LogP contribution < -0.4 is 0 Å². The summed E-state index contributed by atoms with van der Waals surface area (Å²) in [6.07, 6.45) is -0.254. The van der Waals surface area contributed by atoms with Gasteiger partial charge in [-0.3, -0.25) is 0 Å². The van der Waals surface area contributed by atoms with Gasteiger partial charge in [0, 0.05) is 6.26 Å². The summed E-state index contributed by atoms with van der Waals surface area (Å²) in [4.78, 5) is 0. The van der Waals surface area contributed by atoms with Crippen molar-refractivity contribution in [3.63, 3.8) is 0 Å². The number of aliphatic hydroxyl groups excluding tert-OH is 1. The number of aliphatic hydroxyl groups is 1. The second kappa shape index (κ2) is 4.80. The maximum atomic E-state index is 11.5. The third-order valence-electron chi connectivity index (χ3n) is 2.17. The second-order valence-corrected chi connectivity index (χ2v) is 9.73. The lowest BCUT2D eigenvalue weighted by atomic mass is 10.1. The van der Waals surface area contributed by atoms with Gasteiger partial charge in [-0.2, -0.15) is 0 Å². The van der Waals surface area contributed by atoms with Gasteiger partial charge in [0.25, 0.3) is 0 Å². The number of aryl methyl sites for hydroxylation is 1. The molecule has 0 saturated carbocycles. The normalized spacial score (nSPS) is 17.8. The Kier molecular flexibility index (Phi) is 4.26. The van der Waals surface area contributed by atoms with Crippen molar-refractivity contribution in [2.75, 3.05) is 6.26 Å². The van der Waals surface area contributed by atoms with Gasteiger partial charge < -0.3 is 5.11 Å². The summed E-state index contributed by atoms with van der Waals surface area (Å²) in [6.45, 7) is 1.86. The number of benzene rings is 1. The van der Waals surface area contributed by atoms with Crippen LogP contribution in [0.5, 0.6) is 0 Å². The van der Waals surface area contributed by atoms with Crippen LogP contribution in [-0.4, -0.2) is 22.0 Å². The highest BCUT2D eigenvalue weighted by atomic mass is 127. The predicted molar refractivity (Wildman–Crippen MR) is 73.6 cm³/mol. The molecule has 0 amide bonds. The Hall–Kier alpha value is 0.150. The molecule has 1 rings (SSSR count). The molecule has 0 heterocycles. The van der Waals surface area contributed by atoms with Gasteiger partial charge in [0.05, 0.1) is 0 Å². The highest BCUT2D eigenvalue weighted by Crippen LogP contribution is 2.42. The van der Waals surface area contributed by atoms with Gasteiger partial charge >= 0.3 is 0 Å². The highest BCUT2D eigenvalue weighted by molar-refractivity contribution is 14.1. The molecule has 0 bridgehead atoms. The first-order chi connectivity index (χ1) is 7.16. The van der Waals surface area contributed by atoms with Crippen LogP contribution in [0.25, 0.3) is 0 Å². The predicted octanol–water partition coefficient (Wildman–Crippen LogP) is 2.40. The molecule has 1 aromatic carbocycles. The molecular formula is C10H12ClIO3S. The quantitative estimate of drug-likeness (QED) is 0.653. The lowest BCUT2D eigenvalue weighted by Crippen LogP contribution is -2.32. The van der Waals surface area contributed by atoms with Crippen molar-refractivity contribution < 1.29 is 13.5 Å². The lowest BCUT2D eigenvalue weighted by molar-refractivity contribution is 0.187. The van der Waals surface area contributed by atoms with Crippen LogP contribution in [-0.2, 0) is 9.84 Å². The van der Waals surface area contributed by atoms with E-state index < -0.39 is 18.2 Å². The van der Waals surface area contributed by atoms with Gasteiger partial charge in [-0.25, -0.2) is 8.42 Å². The standard InChI is InChI=1S/C10H12ClIO3S/c1-7-4-3-5-8(6-7)9(13)10(11,12)16(2,14)15/h3-6,9,13H,1-2H3/t9-,10-/m0/s1. The fourth-order valence-electron chi connectivity index (χ4n) is 1.24. The van der Waals surface area contributed by atoms with Crippen molar-refractivity contribution in [3.8, 4) is 0 Å². The molecule has 0 aromatic heterocycles. The van der Waals surface area contributed by atoms with E-state index in [0.29, 0.717) is 5.56 Å². The summed E-state index contributed by atoms with van der Waals surface area (Å²) >= 11 is 7.45. The molecule has 6 heteroatoms. The summed E-state index contributed by atoms with van der Waals surface area (Å²) in [5.74, 6) is 0. The molecule has 0 spiro atoms. The van der Waals surface area contributed by atoms with Crippen molar-refractivity contribution >= 4 is 44.0 Å². The van der Waals surface area contributed by atoms with Crippen LogP contribution >= 0.6 is 34.2 Å². The topological polar surface area (TPSA) is 54.4 Å². The molecule has 0 aliphatic carbocycles. The van der Waals surface area contributed by atoms with Crippen LogP contribution in [0.3, 0.4) is 0 Å². The van der Waals surface area contributed by atoms with Crippen molar-refractivity contribution in [3.05, 3.63) is 35.4 Å². The van der Waals surface area contributed by atoms with Gasteiger partial charge in [0.2, 0.25) is 2.21 Å². The van der Waals surface area contributed by atoms with Gasteiger partial charge in [-0.15, -0.1) is 0 Å². The average Bonchev–Trinajstić information content (AvgIpc) is 2.14. The maximum absolute atomic E-state index is 11.5. The smallest absolute Gasteiger partial charge is 0.224 e. The second-order valence-electron chi connectivity index (χ2n) is 3.65. The average molecular weight is 375 g/mol. The Bertz CT molecular complexity index is 485. The van der Waals surface area contributed by atoms with Gasteiger partial charge in [-0.05, 0) is 35.1 Å². The van der Waals surface area contributed by atoms with Crippen LogP contribution in [0.2, 0.25) is 0 Å². The Labute approximate surface area is 114 Å². The van der Waals surface area contributed by atoms with E-state index in [1.807, 2.05) is 13.0 Å². The minimum atomic E-state index is -3.56. The molecule has 0 unspecified atom stereocenters. The van der Waals surface area contributed by atoms with E-state index in [1.54, 1.807) is 40.8 Å². The SMILES string of the molecule is Cc1cccc([C@H](O)[C@](Cl)(I)S(C)(=O)=O)c1. The highest BCUT2D eigenvalue weighted by Gasteiger charge is 2.44. The molecular weight excluding hydrogens is 363 g/mol. The number of sulfone groups is 1. The summed E-state index contributed by atoms with van der Waals surface area (Å²) in [7, 11) is -3.56. The molecule has 1 N–H and O–H groups in total.